The van der Waals surface area contributed by atoms with Crippen LogP contribution in [0.4, 0.5) is 10.1 Å². The maximum absolute atomic E-state index is 13.4. The molecule has 0 N–H and O–H groups in total. The van der Waals surface area contributed by atoms with E-state index in [2.05, 4.69) is 11.8 Å². The third-order valence-electron chi connectivity index (χ3n) is 4.12. The molecule has 1 unspecified atom stereocenters. The van der Waals surface area contributed by atoms with Gasteiger partial charge < -0.3 is 4.90 Å². The Labute approximate surface area is 121 Å². The predicted octanol–water partition coefficient (Wildman–Crippen LogP) is 4.17. The first-order valence-electron chi connectivity index (χ1n) is 7.18. The van der Waals surface area contributed by atoms with E-state index in [0.29, 0.717) is 11.4 Å². The first-order valence-corrected chi connectivity index (χ1v) is 8.06. The third kappa shape index (κ3) is 2.33. The zero-order valence-electron chi connectivity index (χ0n) is 11.6. The number of benzene rings is 1. The van der Waals surface area contributed by atoms with E-state index in [1.165, 1.54) is 29.9 Å². The highest BCUT2D eigenvalue weighted by atomic mass is 32.1. The van der Waals surface area contributed by atoms with Gasteiger partial charge in [-0.3, -0.25) is 4.79 Å². The van der Waals surface area contributed by atoms with Gasteiger partial charge in [-0.15, -0.1) is 11.3 Å². The van der Waals surface area contributed by atoms with Crippen molar-refractivity contribution >= 4 is 27.1 Å². The van der Waals surface area contributed by atoms with E-state index < -0.39 is 0 Å². The molecule has 2 heterocycles. The Kier molecular flexibility index (Phi) is 3.74. The molecule has 106 valence electrons. The van der Waals surface area contributed by atoms with Gasteiger partial charge in [-0.2, -0.15) is 0 Å². The van der Waals surface area contributed by atoms with Crippen LogP contribution in [0.15, 0.2) is 28.4 Å². The van der Waals surface area contributed by atoms with E-state index in [9.17, 15) is 9.18 Å². The fourth-order valence-corrected chi connectivity index (χ4v) is 3.94. The fraction of sp³-hybridized carbons (Fsp3) is 0.438. The molecule has 1 fully saturated rings. The number of fused-ring (bicyclic) bond motifs is 1. The lowest BCUT2D eigenvalue weighted by molar-refractivity contribution is 0.449. The smallest absolute Gasteiger partial charge is 0.211 e. The van der Waals surface area contributed by atoms with Crippen LogP contribution >= 0.6 is 11.3 Å². The van der Waals surface area contributed by atoms with Crippen molar-refractivity contribution in [1.82, 2.24) is 0 Å². The molecule has 0 aliphatic carbocycles. The van der Waals surface area contributed by atoms with Gasteiger partial charge in [0.25, 0.3) is 0 Å². The van der Waals surface area contributed by atoms with Crippen LogP contribution in [0.3, 0.4) is 0 Å². The lowest BCUT2D eigenvalue weighted by Gasteiger charge is -2.36. The second-order valence-electron chi connectivity index (χ2n) is 5.34. The standard InChI is InChI=1S/C16H18FNOS/c1-2-12-5-3-4-8-18(12)14-10-20-15-7-6-11(17)9-13(15)16(14)19/h6-7,9-10,12H,2-5,8H2,1H3. The van der Waals surface area contributed by atoms with Crippen molar-refractivity contribution in [3.05, 3.63) is 39.6 Å². The quantitative estimate of drug-likeness (QED) is 0.827. The predicted molar refractivity (Wildman–Crippen MR) is 83.3 cm³/mol. The summed E-state index contributed by atoms with van der Waals surface area (Å²) in [5, 5.41) is 2.45. The third-order valence-corrected chi connectivity index (χ3v) is 5.08. The maximum atomic E-state index is 13.4. The van der Waals surface area contributed by atoms with E-state index in [4.69, 9.17) is 0 Å². The summed E-state index contributed by atoms with van der Waals surface area (Å²) in [4.78, 5) is 14.9. The molecule has 1 aromatic heterocycles. The zero-order valence-corrected chi connectivity index (χ0v) is 12.4. The second kappa shape index (κ2) is 5.52. The summed E-state index contributed by atoms with van der Waals surface area (Å²) in [6.07, 6.45) is 4.55. The summed E-state index contributed by atoms with van der Waals surface area (Å²) < 4.78 is 14.2. The van der Waals surface area contributed by atoms with Crippen molar-refractivity contribution in [1.29, 1.82) is 0 Å². The fourth-order valence-electron chi connectivity index (χ4n) is 3.03. The molecule has 0 amide bonds. The van der Waals surface area contributed by atoms with Crippen molar-refractivity contribution in [2.24, 2.45) is 0 Å². The largest absolute Gasteiger partial charge is 0.365 e. The molecule has 1 saturated heterocycles. The number of hydrogen-bond acceptors (Lipinski definition) is 3. The van der Waals surface area contributed by atoms with Crippen LogP contribution < -0.4 is 10.3 Å². The van der Waals surface area contributed by atoms with Crippen LogP contribution in [0.25, 0.3) is 10.1 Å². The van der Waals surface area contributed by atoms with E-state index in [1.54, 1.807) is 6.07 Å². The topological polar surface area (TPSA) is 20.3 Å². The molecule has 1 aromatic carbocycles. The van der Waals surface area contributed by atoms with Crippen molar-refractivity contribution in [2.75, 3.05) is 11.4 Å². The Balaban J connectivity index is 2.11. The van der Waals surface area contributed by atoms with Crippen molar-refractivity contribution in [3.8, 4) is 0 Å². The summed E-state index contributed by atoms with van der Waals surface area (Å²) in [6, 6.07) is 4.90. The van der Waals surface area contributed by atoms with Crippen LogP contribution in [0, 0.1) is 5.82 Å². The monoisotopic (exact) mass is 291 g/mol. The second-order valence-corrected chi connectivity index (χ2v) is 6.25. The number of hydrogen-bond donors (Lipinski definition) is 0. The van der Waals surface area contributed by atoms with E-state index in [1.807, 2.05) is 5.38 Å². The van der Waals surface area contributed by atoms with Gasteiger partial charge in [0, 0.05) is 28.1 Å². The molecule has 1 aliphatic rings. The summed E-state index contributed by atoms with van der Waals surface area (Å²) in [5.41, 5.74) is 0.721. The minimum atomic E-state index is -0.343. The number of rotatable bonds is 2. The Morgan fingerprint density at radius 3 is 3.05 bits per heavy atom. The lowest BCUT2D eigenvalue weighted by atomic mass is 9.99. The molecule has 20 heavy (non-hydrogen) atoms. The Morgan fingerprint density at radius 2 is 2.25 bits per heavy atom. The van der Waals surface area contributed by atoms with Crippen LogP contribution in [0.1, 0.15) is 32.6 Å². The minimum Gasteiger partial charge on any atom is -0.365 e. The average Bonchev–Trinajstić information content (AvgIpc) is 2.48. The van der Waals surface area contributed by atoms with Gasteiger partial charge >= 0.3 is 0 Å². The minimum absolute atomic E-state index is 0.0291. The normalized spacial score (nSPS) is 19.5. The summed E-state index contributed by atoms with van der Waals surface area (Å²) in [6.45, 7) is 3.10. The SMILES string of the molecule is CCC1CCCCN1c1csc2ccc(F)cc2c1=O. The van der Waals surface area contributed by atoms with Gasteiger partial charge in [0.2, 0.25) is 5.43 Å². The molecule has 2 aromatic rings. The van der Waals surface area contributed by atoms with Gasteiger partial charge in [-0.25, -0.2) is 4.39 Å². The molecule has 2 nitrogen and oxygen atoms in total. The molecule has 0 spiro atoms. The molecule has 0 saturated carbocycles. The lowest BCUT2D eigenvalue weighted by Crippen LogP contribution is -2.41. The van der Waals surface area contributed by atoms with E-state index in [-0.39, 0.29) is 11.2 Å². The number of halogens is 1. The van der Waals surface area contributed by atoms with Gasteiger partial charge in [-0.05, 0) is 43.9 Å². The number of nitrogens with zero attached hydrogens (tertiary/aromatic N) is 1. The number of anilines is 1. The van der Waals surface area contributed by atoms with Crippen LogP contribution in [-0.4, -0.2) is 12.6 Å². The first-order chi connectivity index (χ1) is 9.70. The van der Waals surface area contributed by atoms with E-state index in [0.717, 1.165) is 36.2 Å². The zero-order chi connectivity index (χ0) is 14.1. The molecule has 0 bridgehead atoms. The maximum Gasteiger partial charge on any atom is 0.211 e. The van der Waals surface area contributed by atoms with Gasteiger partial charge in [0.15, 0.2) is 0 Å². The average molecular weight is 291 g/mol. The highest BCUT2D eigenvalue weighted by molar-refractivity contribution is 7.16. The molecule has 1 aliphatic heterocycles. The Bertz CT molecular complexity index is 682. The van der Waals surface area contributed by atoms with Gasteiger partial charge in [0.1, 0.15) is 5.82 Å². The van der Waals surface area contributed by atoms with Crippen molar-refractivity contribution in [2.45, 2.75) is 38.6 Å². The molecule has 4 heteroatoms. The molecule has 3 rings (SSSR count). The summed E-state index contributed by atoms with van der Waals surface area (Å²) in [7, 11) is 0. The van der Waals surface area contributed by atoms with E-state index >= 15 is 0 Å². The van der Waals surface area contributed by atoms with Gasteiger partial charge in [-0.1, -0.05) is 6.92 Å². The van der Waals surface area contributed by atoms with Crippen LogP contribution in [0.2, 0.25) is 0 Å². The van der Waals surface area contributed by atoms with Crippen LogP contribution in [-0.2, 0) is 0 Å². The van der Waals surface area contributed by atoms with Crippen molar-refractivity contribution < 1.29 is 4.39 Å². The molecule has 1 atom stereocenters. The Hall–Kier alpha value is -1.42. The Morgan fingerprint density at radius 1 is 1.40 bits per heavy atom. The van der Waals surface area contributed by atoms with Crippen molar-refractivity contribution in [3.63, 3.8) is 0 Å². The highest BCUT2D eigenvalue weighted by Crippen LogP contribution is 2.28. The number of piperidine rings is 1. The molecule has 0 radical (unpaired) electrons. The highest BCUT2D eigenvalue weighted by Gasteiger charge is 2.23. The summed E-state index contributed by atoms with van der Waals surface area (Å²) >= 11 is 1.52. The van der Waals surface area contributed by atoms with Crippen LogP contribution in [0.5, 0.6) is 0 Å². The summed E-state index contributed by atoms with van der Waals surface area (Å²) in [5.74, 6) is -0.343. The molecular formula is C16H18FNOS. The first kappa shape index (κ1) is 13.6. The molecular weight excluding hydrogens is 273 g/mol. The van der Waals surface area contributed by atoms with Gasteiger partial charge in [0.05, 0.1) is 5.69 Å².